The highest BCUT2D eigenvalue weighted by Crippen LogP contribution is 2.40. The number of hydrogen-bond donors (Lipinski definition) is 0. The van der Waals surface area contributed by atoms with Gasteiger partial charge in [-0.05, 0) is 50.1 Å². The highest BCUT2D eigenvalue weighted by molar-refractivity contribution is 6.22. The summed E-state index contributed by atoms with van der Waals surface area (Å²) in [4.78, 5) is 53.6. The summed E-state index contributed by atoms with van der Waals surface area (Å²) in [6.07, 6.45) is -5.29. The van der Waals surface area contributed by atoms with E-state index in [1.807, 2.05) is 0 Å². The van der Waals surface area contributed by atoms with Gasteiger partial charge in [-0.1, -0.05) is 30.3 Å². The SMILES string of the molecule is COC(=O)C1(CC(=O)OC(C)(C)C)C(=O)N(Cc2ccc(C(F)(F)F)cc2)C(=O)c2ccccc21. The van der Waals surface area contributed by atoms with Crippen LogP contribution in [0, 0.1) is 0 Å². The van der Waals surface area contributed by atoms with Crippen molar-refractivity contribution in [2.24, 2.45) is 0 Å². The lowest BCUT2D eigenvalue weighted by Gasteiger charge is -2.39. The molecule has 186 valence electrons. The van der Waals surface area contributed by atoms with Crippen molar-refractivity contribution in [3.05, 3.63) is 70.8 Å². The molecule has 0 aromatic heterocycles. The van der Waals surface area contributed by atoms with Gasteiger partial charge >= 0.3 is 18.1 Å². The predicted molar refractivity (Wildman–Crippen MR) is 117 cm³/mol. The number of fused-ring (bicyclic) bond motifs is 1. The first-order chi connectivity index (χ1) is 16.2. The summed E-state index contributed by atoms with van der Waals surface area (Å²) in [5.41, 5.74) is -3.81. The van der Waals surface area contributed by atoms with Gasteiger partial charge in [-0.15, -0.1) is 0 Å². The molecule has 1 aliphatic rings. The Labute approximate surface area is 199 Å². The molecule has 1 heterocycles. The van der Waals surface area contributed by atoms with E-state index < -0.39 is 59.5 Å². The molecule has 1 unspecified atom stereocenters. The van der Waals surface area contributed by atoms with Crippen molar-refractivity contribution in [3.63, 3.8) is 0 Å². The van der Waals surface area contributed by atoms with E-state index in [1.54, 1.807) is 20.8 Å². The fourth-order valence-electron chi connectivity index (χ4n) is 3.96. The zero-order valence-electron chi connectivity index (χ0n) is 19.6. The molecular weight excluding hydrogens is 467 g/mol. The number of rotatable bonds is 5. The number of alkyl halides is 3. The van der Waals surface area contributed by atoms with Crippen molar-refractivity contribution in [1.29, 1.82) is 0 Å². The number of methoxy groups -OCH3 is 1. The van der Waals surface area contributed by atoms with Crippen LogP contribution in [-0.2, 0) is 42.0 Å². The Morgan fingerprint density at radius 1 is 0.971 bits per heavy atom. The van der Waals surface area contributed by atoms with Gasteiger partial charge in [0.15, 0.2) is 5.41 Å². The molecule has 1 aliphatic heterocycles. The van der Waals surface area contributed by atoms with Crippen LogP contribution in [0.15, 0.2) is 48.5 Å². The van der Waals surface area contributed by atoms with E-state index in [9.17, 15) is 32.3 Å². The average molecular weight is 491 g/mol. The van der Waals surface area contributed by atoms with E-state index in [4.69, 9.17) is 9.47 Å². The van der Waals surface area contributed by atoms with Crippen molar-refractivity contribution >= 4 is 23.8 Å². The molecule has 0 fully saturated rings. The summed E-state index contributed by atoms with van der Waals surface area (Å²) in [6, 6.07) is 9.76. The molecule has 2 aromatic rings. The molecule has 0 saturated carbocycles. The lowest BCUT2D eigenvalue weighted by atomic mass is 9.71. The van der Waals surface area contributed by atoms with E-state index in [-0.39, 0.29) is 16.7 Å². The average Bonchev–Trinajstić information content (AvgIpc) is 2.77. The van der Waals surface area contributed by atoms with Gasteiger partial charge in [0.1, 0.15) is 5.60 Å². The number of nitrogens with zero attached hydrogens (tertiary/aromatic N) is 1. The highest BCUT2D eigenvalue weighted by atomic mass is 19.4. The molecule has 0 saturated heterocycles. The normalized spacial score (nSPS) is 18.2. The molecule has 7 nitrogen and oxygen atoms in total. The summed E-state index contributed by atoms with van der Waals surface area (Å²) in [5.74, 6) is -3.71. The number of imide groups is 1. The monoisotopic (exact) mass is 491 g/mol. The predicted octanol–water partition coefficient (Wildman–Crippen LogP) is 4.03. The molecule has 0 spiro atoms. The van der Waals surface area contributed by atoms with Crippen molar-refractivity contribution in [2.75, 3.05) is 7.11 Å². The van der Waals surface area contributed by atoms with E-state index in [0.717, 1.165) is 36.3 Å². The van der Waals surface area contributed by atoms with Crippen molar-refractivity contribution in [3.8, 4) is 0 Å². The second-order valence-corrected chi connectivity index (χ2v) is 9.10. The Kier molecular flexibility index (Phi) is 6.79. The smallest absolute Gasteiger partial charge is 0.416 e. The number of carbonyl (C=O) groups is 4. The van der Waals surface area contributed by atoms with E-state index >= 15 is 0 Å². The Bertz CT molecular complexity index is 1170. The summed E-state index contributed by atoms with van der Waals surface area (Å²) in [5, 5.41) is 0. The minimum atomic E-state index is -4.55. The van der Waals surface area contributed by atoms with Gasteiger partial charge in [-0.2, -0.15) is 13.2 Å². The van der Waals surface area contributed by atoms with E-state index in [0.29, 0.717) is 0 Å². The van der Waals surface area contributed by atoms with Crippen LogP contribution in [0.1, 0.15) is 54.2 Å². The minimum Gasteiger partial charge on any atom is -0.468 e. The second kappa shape index (κ2) is 9.16. The van der Waals surface area contributed by atoms with Crippen LogP contribution in [-0.4, -0.2) is 41.4 Å². The zero-order valence-corrected chi connectivity index (χ0v) is 19.6. The summed E-state index contributed by atoms with van der Waals surface area (Å²) < 4.78 is 49.0. The summed E-state index contributed by atoms with van der Waals surface area (Å²) in [6.45, 7) is 4.43. The maximum absolute atomic E-state index is 13.8. The van der Waals surface area contributed by atoms with Crippen LogP contribution >= 0.6 is 0 Å². The van der Waals surface area contributed by atoms with Crippen LogP contribution in [0.4, 0.5) is 13.2 Å². The number of halogens is 3. The first-order valence-electron chi connectivity index (χ1n) is 10.6. The molecule has 0 radical (unpaired) electrons. The van der Waals surface area contributed by atoms with Crippen LogP contribution < -0.4 is 0 Å². The number of ether oxygens (including phenoxy) is 2. The fourth-order valence-corrected chi connectivity index (χ4v) is 3.96. The van der Waals surface area contributed by atoms with Gasteiger partial charge in [0.25, 0.3) is 11.8 Å². The standard InChI is InChI=1S/C25H24F3NO6/c1-23(2,3)35-19(30)13-24(22(33)34-4)18-8-6-5-7-17(18)20(31)29(21(24)32)14-15-9-11-16(12-10-15)25(26,27)28/h5-12H,13-14H2,1-4H3. The number of esters is 2. The Balaban J connectivity index is 2.10. The maximum atomic E-state index is 13.8. The Hall–Kier alpha value is -3.69. The largest absolute Gasteiger partial charge is 0.468 e. The zero-order chi connectivity index (χ0) is 26.2. The van der Waals surface area contributed by atoms with Gasteiger partial charge < -0.3 is 9.47 Å². The van der Waals surface area contributed by atoms with Crippen LogP contribution in [0.3, 0.4) is 0 Å². The van der Waals surface area contributed by atoms with Crippen molar-refractivity contribution < 1.29 is 41.8 Å². The van der Waals surface area contributed by atoms with Crippen LogP contribution in [0.2, 0.25) is 0 Å². The third kappa shape index (κ3) is 5.06. The highest BCUT2D eigenvalue weighted by Gasteiger charge is 2.58. The number of carbonyl (C=O) groups excluding carboxylic acids is 4. The third-order valence-electron chi connectivity index (χ3n) is 5.46. The molecule has 35 heavy (non-hydrogen) atoms. The molecule has 2 aromatic carbocycles. The third-order valence-corrected chi connectivity index (χ3v) is 5.46. The molecule has 0 bridgehead atoms. The lowest BCUT2D eigenvalue weighted by molar-refractivity contribution is -0.167. The minimum absolute atomic E-state index is 0.00335. The number of amides is 2. The summed E-state index contributed by atoms with van der Waals surface area (Å²) in [7, 11) is 1.05. The number of benzene rings is 2. The second-order valence-electron chi connectivity index (χ2n) is 9.10. The van der Waals surface area contributed by atoms with E-state index in [2.05, 4.69) is 0 Å². The molecule has 0 N–H and O–H groups in total. The molecule has 2 amide bonds. The van der Waals surface area contributed by atoms with Crippen LogP contribution in [0.25, 0.3) is 0 Å². The molecular formula is C25H24F3NO6. The quantitative estimate of drug-likeness (QED) is 0.357. The Morgan fingerprint density at radius 3 is 2.11 bits per heavy atom. The van der Waals surface area contributed by atoms with Gasteiger partial charge in [0, 0.05) is 5.56 Å². The van der Waals surface area contributed by atoms with Crippen LogP contribution in [0.5, 0.6) is 0 Å². The molecule has 0 aliphatic carbocycles. The van der Waals surface area contributed by atoms with Crippen molar-refractivity contribution in [1.82, 2.24) is 4.90 Å². The van der Waals surface area contributed by atoms with Gasteiger partial charge in [-0.25, -0.2) is 0 Å². The van der Waals surface area contributed by atoms with Gasteiger partial charge in [0.05, 0.1) is 25.6 Å². The molecule has 10 heteroatoms. The van der Waals surface area contributed by atoms with Crippen molar-refractivity contribution in [2.45, 2.75) is 50.9 Å². The van der Waals surface area contributed by atoms with E-state index in [1.165, 1.54) is 24.3 Å². The first-order valence-corrected chi connectivity index (χ1v) is 10.6. The maximum Gasteiger partial charge on any atom is 0.416 e. The molecule has 3 rings (SSSR count). The fraction of sp³-hybridized carbons (Fsp3) is 0.360. The van der Waals surface area contributed by atoms with Gasteiger partial charge in [0.2, 0.25) is 0 Å². The Morgan fingerprint density at radius 2 is 1.57 bits per heavy atom. The topological polar surface area (TPSA) is 90.0 Å². The lowest BCUT2D eigenvalue weighted by Crippen LogP contribution is -2.59. The number of hydrogen-bond acceptors (Lipinski definition) is 6. The first kappa shape index (κ1) is 25.9. The molecule has 1 atom stereocenters. The van der Waals surface area contributed by atoms with Gasteiger partial charge in [-0.3, -0.25) is 24.1 Å². The summed E-state index contributed by atoms with van der Waals surface area (Å²) >= 11 is 0.